The predicted molar refractivity (Wildman–Crippen MR) is 87.7 cm³/mol. The van der Waals surface area contributed by atoms with Crippen molar-refractivity contribution in [2.45, 2.75) is 26.5 Å². The number of hydrogen-bond acceptors (Lipinski definition) is 3. The van der Waals surface area contributed by atoms with Gasteiger partial charge in [0.2, 0.25) is 0 Å². The molecule has 0 radical (unpaired) electrons. The second-order valence-electron chi connectivity index (χ2n) is 4.91. The Bertz CT molecular complexity index is 630. The second-order valence-corrected chi connectivity index (χ2v) is 5.76. The van der Waals surface area contributed by atoms with Crippen LogP contribution in [0.25, 0.3) is 0 Å². The van der Waals surface area contributed by atoms with Crippen LogP contribution in [0.4, 0.5) is 5.69 Å². The van der Waals surface area contributed by atoms with Crippen molar-refractivity contribution >= 4 is 28.9 Å². The lowest BCUT2D eigenvalue weighted by Crippen LogP contribution is -2.08. The highest BCUT2D eigenvalue weighted by atomic mass is 35.5. The maximum absolute atomic E-state index is 9.95. The van der Waals surface area contributed by atoms with Crippen molar-refractivity contribution in [1.82, 2.24) is 0 Å². The van der Waals surface area contributed by atoms with Crippen LogP contribution < -0.4 is 10.1 Å². The number of hydrogen-bond donors (Lipinski definition) is 2. The molecule has 0 unspecified atom stereocenters. The average molecular weight is 326 g/mol. The molecule has 0 amide bonds. The van der Waals surface area contributed by atoms with Gasteiger partial charge in [0.05, 0.1) is 16.8 Å². The monoisotopic (exact) mass is 325 g/mol. The summed E-state index contributed by atoms with van der Waals surface area (Å²) in [5.74, 6) is 0.802. The number of nitrogens with one attached hydrogen (secondary N) is 1. The van der Waals surface area contributed by atoms with Crippen LogP contribution in [-0.4, -0.2) is 11.2 Å². The summed E-state index contributed by atoms with van der Waals surface area (Å²) in [7, 11) is 0. The number of anilines is 1. The van der Waals surface area contributed by atoms with Crippen molar-refractivity contribution < 1.29 is 9.84 Å². The largest absolute Gasteiger partial charge is 0.506 e. The van der Waals surface area contributed by atoms with Crippen molar-refractivity contribution in [3.8, 4) is 11.5 Å². The van der Waals surface area contributed by atoms with Gasteiger partial charge >= 0.3 is 0 Å². The molecule has 0 spiro atoms. The summed E-state index contributed by atoms with van der Waals surface area (Å²) in [6.07, 6.45) is 0.0852. The lowest BCUT2D eigenvalue weighted by atomic mass is 10.2. The molecule has 0 aromatic heterocycles. The van der Waals surface area contributed by atoms with E-state index < -0.39 is 0 Å². The molecule has 2 N–H and O–H groups in total. The van der Waals surface area contributed by atoms with E-state index in [4.69, 9.17) is 27.9 Å². The highest BCUT2D eigenvalue weighted by Gasteiger charge is 2.09. The maximum Gasteiger partial charge on any atom is 0.142 e. The normalized spacial score (nSPS) is 10.7. The molecular weight excluding hydrogens is 309 g/mol. The number of aromatic hydroxyl groups is 1. The van der Waals surface area contributed by atoms with Gasteiger partial charge in [-0.2, -0.15) is 0 Å². The van der Waals surface area contributed by atoms with Crippen LogP contribution >= 0.6 is 23.2 Å². The van der Waals surface area contributed by atoms with Crippen LogP contribution in [0.3, 0.4) is 0 Å². The molecule has 0 saturated carbocycles. The van der Waals surface area contributed by atoms with Crippen LogP contribution in [0, 0.1) is 0 Å². The van der Waals surface area contributed by atoms with Gasteiger partial charge in [0.1, 0.15) is 11.5 Å². The summed E-state index contributed by atoms with van der Waals surface area (Å²) < 4.78 is 5.73. The van der Waals surface area contributed by atoms with Crippen LogP contribution in [0.15, 0.2) is 36.4 Å². The van der Waals surface area contributed by atoms with Gasteiger partial charge in [0.25, 0.3) is 0 Å². The van der Waals surface area contributed by atoms with Crippen molar-refractivity contribution in [3.05, 3.63) is 52.0 Å². The molecule has 0 aliphatic carbocycles. The summed E-state index contributed by atoms with van der Waals surface area (Å²) in [5, 5.41) is 13.9. The third-order valence-corrected chi connectivity index (χ3v) is 3.33. The van der Waals surface area contributed by atoms with Gasteiger partial charge < -0.3 is 15.2 Å². The van der Waals surface area contributed by atoms with E-state index in [1.54, 1.807) is 6.07 Å². The molecule has 0 aliphatic rings. The van der Waals surface area contributed by atoms with E-state index in [0.717, 1.165) is 11.4 Å². The van der Waals surface area contributed by atoms with E-state index in [1.165, 1.54) is 6.07 Å². The maximum atomic E-state index is 9.95. The summed E-state index contributed by atoms with van der Waals surface area (Å²) >= 11 is 11.9. The van der Waals surface area contributed by atoms with E-state index in [9.17, 15) is 5.11 Å². The Morgan fingerprint density at radius 1 is 1.19 bits per heavy atom. The van der Waals surface area contributed by atoms with Gasteiger partial charge in [-0.25, -0.2) is 0 Å². The molecule has 0 aliphatic heterocycles. The van der Waals surface area contributed by atoms with E-state index in [-0.39, 0.29) is 16.9 Å². The number of para-hydroxylation sites is 2. The van der Waals surface area contributed by atoms with Crippen molar-refractivity contribution in [3.63, 3.8) is 0 Å². The van der Waals surface area contributed by atoms with Gasteiger partial charge in [0.15, 0.2) is 0 Å². The van der Waals surface area contributed by atoms with Crippen LogP contribution in [0.2, 0.25) is 10.0 Å². The number of phenolic OH excluding ortho intramolecular Hbond substituents is 1. The Hall–Kier alpha value is -1.58. The summed E-state index contributed by atoms with van der Waals surface area (Å²) in [5.41, 5.74) is 1.48. The first-order chi connectivity index (χ1) is 9.97. The minimum absolute atomic E-state index is 0.0378. The standard InChI is InChI=1S/C16H17Cl2NO2/c1-10(2)21-15-6-4-3-5-14(15)19-9-11-7-12(17)8-13(18)16(11)20/h3-8,10,19-20H,9H2,1-2H3. The molecule has 2 aromatic carbocycles. The van der Waals surface area contributed by atoms with Gasteiger partial charge in [-0.15, -0.1) is 0 Å². The molecule has 5 heteroatoms. The lowest BCUT2D eigenvalue weighted by Gasteiger charge is -2.16. The molecule has 2 aromatic rings. The third kappa shape index (κ3) is 4.19. The highest BCUT2D eigenvalue weighted by Crippen LogP contribution is 2.32. The first kappa shape index (κ1) is 15.8. The topological polar surface area (TPSA) is 41.5 Å². The van der Waals surface area contributed by atoms with E-state index in [1.807, 2.05) is 38.1 Å². The second kappa shape index (κ2) is 6.92. The van der Waals surface area contributed by atoms with Crippen LogP contribution in [0.5, 0.6) is 11.5 Å². The summed E-state index contributed by atoms with van der Waals surface area (Å²) in [6.45, 7) is 4.34. The highest BCUT2D eigenvalue weighted by molar-refractivity contribution is 6.35. The quantitative estimate of drug-likeness (QED) is 0.803. The van der Waals surface area contributed by atoms with Crippen molar-refractivity contribution in [2.75, 3.05) is 5.32 Å². The zero-order valence-corrected chi connectivity index (χ0v) is 13.4. The molecule has 0 saturated heterocycles. The predicted octanol–water partition coefficient (Wildman–Crippen LogP) is 5.10. The first-order valence-corrected chi connectivity index (χ1v) is 7.39. The SMILES string of the molecule is CC(C)Oc1ccccc1NCc1cc(Cl)cc(Cl)c1O. The Morgan fingerprint density at radius 3 is 2.62 bits per heavy atom. The molecule has 2 rings (SSSR count). The molecule has 0 fully saturated rings. The first-order valence-electron chi connectivity index (χ1n) is 6.64. The molecule has 0 atom stereocenters. The molecule has 21 heavy (non-hydrogen) atoms. The van der Waals surface area contributed by atoms with Crippen LogP contribution in [0.1, 0.15) is 19.4 Å². The number of rotatable bonds is 5. The van der Waals surface area contributed by atoms with Crippen molar-refractivity contribution in [2.24, 2.45) is 0 Å². The van der Waals surface area contributed by atoms with Gasteiger partial charge in [-0.1, -0.05) is 35.3 Å². The Labute approximate surface area is 134 Å². The minimum Gasteiger partial charge on any atom is -0.506 e. The summed E-state index contributed by atoms with van der Waals surface area (Å²) in [6, 6.07) is 10.8. The van der Waals surface area contributed by atoms with Gasteiger partial charge in [-0.05, 0) is 38.1 Å². The third-order valence-electron chi connectivity index (χ3n) is 2.83. The number of ether oxygens (including phenoxy) is 1. The van der Waals surface area contributed by atoms with Crippen LogP contribution in [-0.2, 0) is 6.54 Å². The summed E-state index contributed by atoms with van der Waals surface area (Å²) in [4.78, 5) is 0. The fourth-order valence-electron chi connectivity index (χ4n) is 1.91. The lowest BCUT2D eigenvalue weighted by molar-refractivity contribution is 0.243. The fourth-order valence-corrected chi connectivity index (χ4v) is 2.45. The molecule has 0 heterocycles. The molecule has 3 nitrogen and oxygen atoms in total. The Balaban J connectivity index is 2.17. The zero-order chi connectivity index (χ0) is 15.4. The van der Waals surface area contributed by atoms with Gasteiger partial charge in [0, 0.05) is 17.1 Å². The zero-order valence-electron chi connectivity index (χ0n) is 11.9. The number of phenols is 1. The number of benzene rings is 2. The fraction of sp³-hybridized carbons (Fsp3) is 0.250. The van der Waals surface area contributed by atoms with E-state index >= 15 is 0 Å². The van der Waals surface area contributed by atoms with E-state index in [2.05, 4.69) is 5.32 Å². The van der Waals surface area contributed by atoms with Crippen molar-refractivity contribution in [1.29, 1.82) is 0 Å². The minimum atomic E-state index is 0.0378. The average Bonchev–Trinajstić information content (AvgIpc) is 2.42. The smallest absolute Gasteiger partial charge is 0.142 e. The molecule has 0 bridgehead atoms. The van der Waals surface area contributed by atoms with E-state index in [0.29, 0.717) is 17.1 Å². The molecular formula is C16H17Cl2NO2. The number of halogens is 2. The Morgan fingerprint density at radius 2 is 1.90 bits per heavy atom. The van der Waals surface area contributed by atoms with Gasteiger partial charge in [-0.3, -0.25) is 0 Å². The molecule has 112 valence electrons. The Kier molecular flexibility index (Phi) is 5.21.